The normalized spacial score (nSPS) is 11.6. The second-order valence-corrected chi connectivity index (χ2v) is 15.4. The van der Waals surface area contributed by atoms with Crippen molar-refractivity contribution in [3.63, 3.8) is 0 Å². The molecule has 11 aromatic rings. The van der Waals surface area contributed by atoms with Gasteiger partial charge in [0.25, 0.3) is 0 Å². The molecule has 0 aliphatic carbocycles. The summed E-state index contributed by atoms with van der Waals surface area (Å²) in [5.41, 5.74) is 16.0. The van der Waals surface area contributed by atoms with Gasteiger partial charge in [0.1, 0.15) is 11.2 Å². The van der Waals surface area contributed by atoms with Gasteiger partial charge in [0.2, 0.25) is 0 Å². The molecule has 0 aliphatic rings. The predicted molar refractivity (Wildman–Crippen MR) is 243 cm³/mol. The predicted octanol–water partition coefficient (Wildman–Crippen LogP) is 14.1. The zero-order chi connectivity index (χ0) is 39.6. The fourth-order valence-electron chi connectivity index (χ4n) is 9.04. The second-order valence-electron chi connectivity index (χ2n) is 15.4. The number of rotatable bonds is 6. The summed E-state index contributed by atoms with van der Waals surface area (Å²) in [6, 6.07) is 61.8. The summed E-state index contributed by atoms with van der Waals surface area (Å²) in [7, 11) is 0. The summed E-state index contributed by atoms with van der Waals surface area (Å²) < 4.78 is 8.77. The first-order chi connectivity index (χ1) is 29.0. The molecule has 280 valence electrons. The van der Waals surface area contributed by atoms with Crippen molar-refractivity contribution in [2.75, 3.05) is 0 Å². The van der Waals surface area contributed by atoms with Crippen LogP contribution in [0.25, 0.3) is 106 Å². The Hall–Kier alpha value is -7.63. The van der Waals surface area contributed by atoms with Crippen LogP contribution in [0.2, 0.25) is 0 Å². The lowest BCUT2D eigenvalue weighted by Gasteiger charge is -2.17. The minimum Gasteiger partial charge on any atom is -0.456 e. The minimum atomic E-state index is 0.589. The Morgan fingerprint density at radius 1 is 0.407 bits per heavy atom. The zero-order valence-corrected chi connectivity index (χ0v) is 32.9. The van der Waals surface area contributed by atoms with E-state index in [0.29, 0.717) is 17.5 Å². The molecule has 0 unspecified atom stereocenters. The van der Waals surface area contributed by atoms with Crippen LogP contribution in [0.1, 0.15) is 16.7 Å². The summed E-state index contributed by atoms with van der Waals surface area (Å²) in [4.78, 5) is 15.7. The Bertz CT molecular complexity index is 3330. The van der Waals surface area contributed by atoms with Gasteiger partial charge in [-0.05, 0) is 90.6 Å². The fraction of sp³-hybridized carbons (Fsp3) is 0.0556. The minimum absolute atomic E-state index is 0.589. The summed E-state index contributed by atoms with van der Waals surface area (Å²) in [5.74, 6) is 1.82. The van der Waals surface area contributed by atoms with Crippen molar-refractivity contribution in [1.82, 2.24) is 19.5 Å². The number of aromatic nitrogens is 4. The van der Waals surface area contributed by atoms with Crippen LogP contribution in [0, 0.1) is 20.8 Å². The molecular weight excluding hydrogens is 721 g/mol. The van der Waals surface area contributed by atoms with Crippen LogP contribution in [0.3, 0.4) is 0 Å². The molecule has 59 heavy (non-hydrogen) atoms. The van der Waals surface area contributed by atoms with Crippen molar-refractivity contribution in [3.05, 3.63) is 193 Å². The lowest BCUT2D eigenvalue weighted by atomic mass is 9.93. The lowest BCUT2D eigenvalue weighted by molar-refractivity contribution is 0.669. The highest BCUT2D eigenvalue weighted by molar-refractivity contribution is 6.13. The largest absolute Gasteiger partial charge is 0.456 e. The van der Waals surface area contributed by atoms with Crippen LogP contribution < -0.4 is 0 Å². The molecule has 5 nitrogen and oxygen atoms in total. The Morgan fingerprint density at radius 2 is 1.00 bits per heavy atom. The van der Waals surface area contributed by atoms with Crippen molar-refractivity contribution in [2.24, 2.45) is 0 Å². The van der Waals surface area contributed by atoms with Gasteiger partial charge in [0, 0.05) is 38.2 Å². The van der Waals surface area contributed by atoms with Crippen LogP contribution in [0.5, 0.6) is 0 Å². The molecule has 5 heteroatoms. The van der Waals surface area contributed by atoms with E-state index in [1.165, 1.54) is 38.6 Å². The Morgan fingerprint density at radius 3 is 1.73 bits per heavy atom. The zero-order valence-electron chi connectivity index (χ0n) is 32.9. The number of fused-ring (bicyclic) bond motifs is 6. The van der Waals surface area contributed by atoms with Gasteiger partial charge in [-0.2, -0.15) is 0 Å². The summed E-state index contributed by atoms with van der Waals surface area (Å²) in [6.45, 7) is 6.59. The molecule has 0 atom stereocenters. The second kappa shape index (κ2) is 13.8. The molecule has 0 fully saturated rings. The summed E-state index contributed by atoms with van der Waals surface area (Å²) in [5, 5.41) is 4.53. The van der Waals surface area contributed by atoms with Gasteiger partial charge < -0.3 is 8.98 Å². The molecular formula is C54H38N4O. The number of nitrogens with zero attached hydrogens (tertiary/aromatic N) is 4. The standard InChI is InChI=1S/C54H38N4O/c1-33-29-34(2)50(35(3)30-33)39-25-27-42-41-19-10-12-22-45(41)58(47(42)32-39)46-28-26-38(40-21-14-24-49-51(40)43-20-11-13-23-48(43)59-49)31-44(46)54-56-52(36-15-6-4-7-16-36)55-53(57-54)37-17-8-5-9-18-37/h4-32H,1-3H3. The average molecular weight is 759 g/mol. The van der Waals surface area contributed by atoms with Gasteiger partial charge in [-0.15, -0.1) is 0 Å². The number of aryl methyl sites for hydroxylation is 3. The number of hydrogen-bond acceptors (Lipinski definition) is 4. The molecule has 0 saturated carbocycles. The van der Waals surface area contributed by atoms with Gasteiger partial charge in [-0.1, -0.05) is 145 Å². The van der Waals surface area contributed by atoms with E-state index < -0.39 is 0 Å². The van der Waals surface area contributed by atoms with Crippen LogP contribution in [0.4, 0.5) is 0 Å². The molecule has 0 amide bonds. The third-order valence-electron chi connectivity index (χ3n) is 11.5. The number of hydrogen-bond donors (Lipinski definition) is 0. The van der Waals surface area contributed by atoms with Crippen LogP contribution in [-0.4, -0.2) is 19.5 Å². The van der Waals surface area contributed by atoms with E-state index >= 15 is 0 Å². The molecule has 8 aromatic carbocycles. The van der Waals surface area contributed by atoms with E-state index in [-0.39, 0.29) is 0 Å². The fourth-order valence-corrected chi connectivity index (χ4v) is 9.04. The molecule has 3 aromatic heterocycles. The van der Waals surface area contributed by atoms with Crippen molar-refractivity contribution in [2.45, 2.75) is 20.8 Å². The highest BCUT2D eigenvalue weighted by Gasteiger charge is 2.22. The average Bonchev–Trinajstić information content (AvgIpc) is 3.82. The van der Waals surface area contributed by atoms with Crippen molar-refractivity contribution in [1.29, 1.82) is 0 Å². The van der Waals surface area contributed by atoms with E-state index in [9.17, 15) is 0 Å². The maximum Gasteiger partial charge on any atom is 0.166 e. The van der Waals surface area contributed by atoms with Gasteiger partial charge in [0.05, 0.1) is 16.7 Å². The lowest BCUT2D eigenvalue weighted by Crippen LogP contribution is -2.04. The van der Waals surface area contributed by atoms with Crippen LogP contribution >= 0.6 is 0 Å². The maximum absolute atomic E-state index is 6.37. The highest BCUT2D eigenvalue weighted by atomic mass is 16.3. The van der Waals surface area contributed by atoms with E-state index in [1.54, 1.807) is 0 Å². The smallest absolute Gasteiger partial charge is 0.166 e. The first-order valence-electron chi connectivity index (χ1n) is 20.0. The Kier molecular flexibility index (Phi) is 8.09. The van der Waals surface area contributed by atoms with Gasteiger partial charge in [-0.3, -0.25) is 0 Å². The summed E-state index contributed by atoms with van der Waals surface area (Å²) in [6.07, 6.45) is 0. The number of benzene rings is 8. The van der Waals surface area contributed by atoms with E-state index in [1.807, 2.05) is 54.6 Å². The number of para-hydroxylation sites is 2. The van der Waals surface area contributed by atoms with Gasteiger partial charge >= 0.3 is 0 Å². The van der Waals surface area contributed by atoms with E-state index in [2.05, 4.69) is 147 Å². The molecule has 11 rings (SSSR count). The van der Waals surface area contributed by atoms with Crippen molar-refractivity contribution >= 4 is 43.7 Å². The summed E-state index contributed by atoms with van der Waals surface area (Å²) >= 11 is 0. The Labute approximate surface area is 341 Å². The van der Waals surface area contributed by atoms with E-state index in [0.717, 1.165) is 66.5 Å². The van der Waals surface area contributed by atoms with Crippen molar-refractivity contribution < 1.29 is 4.42 Å². The molecule has 0 bridgehead atoms. The molecule has 0 aliphatic heterocycles. The number of furan rings is 1. The van der Waals surface area contributed by atoms with Crippen LogP contribution in [0.15, 0.2) is 180 Å². The van der Waals surface area contributed by atoms with Gasteiger partial charge in [-0.25, -0.2) is 15.0 Å². The first kappa shape index (κ1) is 34.6. The first-order valence-corrected chi connectivity index (χ1v) is 20.0. The molecule has 0 N–H and O–H groups in total. The SMILES string of the molecule is Cc1cc(C)c(-c2ccc3c4ccccc4n(-c4ccc(-c5cccc6oc7ccccc7c56)cc4-c4nc(-c5ccccc5)nc(-c5ccccc5)n4)c3c2)c(C)c1. The van der Waals surface area contributed by atoms with Crippen LogP contribution in [-0.2, 0) is 0 Å². The maximum atomic E-state index is 6.37. The molecule has 0 saturated heterocycles. The van der Waals surface area contributed by atoms with Crippen molar-refractivity contribution in [3.8, 4) is 62.1 Å². The highest BCUT2D eigenvalue weighted by Crippen LogP contribution is 2.42. The quantitative estimate of drug-likeness (QED) is 0.169. The third kappa shape index (κ3) is 5.81. The monoisotopic (exact) mass is 758 g/mol. The topological polar surface area (TPSA) is 56.7 Å². The molecule has 3 heterocycles. The molecule has 0 radical (unpaired) electrons. The Balaban J connectivity index is 1.24. The molecule has 0 spiro atoms. The third-order valence-corrected chi connectivity index (χ3v) is 11.5. The van der Waals surface area contributed by atoms with E-state index in [4.69, 9.17) is 19.4 Å². The van der Waals surface area contributed by atoms with Gasteiger partial charge in [0.15, 0.2) is 17.5 Å².